The number of nitrogens with one attached hydrogen (secondary N) is 6. The number of nitrogens with zero attached hydrogens (tertiary/aromatic N) is 3. The van der Waals surface area contributed by atoms with Gasteiger partial charge in [0.05, 0.1) is 39.1 Å². The van der Waals surface area contributed by atoms with Gasteiger partial charge in [0, 0.05) is 20.8 Å². The topological polar surface area (TPSA) is 313 Å². The van der Waals surface area contributed by atoms with Crippen LogP contribution in [0.2, 0.25) is 0 Å². The maximum Gasteiger partial charge on any atom is 0.243 e. The fourth-order valence-corrected chi connectivity index (χ4v) is 4.17. The van der Waals surface area contributed by atoms with Gasteiger partial charge in [0.1, 0.15) is 24.2 Å². The number of hydrogen-bond acceptors (Lipinski definition) is 13. The fourth-order valence-electron chi connectivity index (χ4n) is 4.02. The summed E-state index contributed by atoms with van der Waals surface area (Å²) in [5.74, 6) is -8.74. The molecule has 1 fully saturated rings. The molecule has 1 rings (SSSR count). The van der Waals surface area contributed by atoms with Gasteiger partial charge in [0.2, 0.25) is 58.4 Å². The van der Waals surface area contributed by atoms with Crippen molar-refractivity contribution in [2.24, 2.45) is 0 Å². The third-order valence-electron chi connectivity index (χ3n) is 6.76. The van der Waals surface area contributed by atoms with Crippen LogP contribution in [0.4, 0.5) is 0 Å². The molecule has 0 aromatic heterocycles. The van der Waals surface area contributed by atoms with Gasteiger partial charge in [0.15, 0.2) is 0 Å². The Bertz CT molecular complexity index is 1280. The summed E-state index contributed by atoms with van der Waals surface area (Å²) in [6, 6.07) is -6.44. The van der Waals surface area contributed by atoms with Crippen LogP contribution in [0.5, 0.6) is 0 Å². The Balaban J connectivity index is 3.55. The van der Waals surface area contributed by atoms with E-state index < -0.39 is 141 Å². The summed E-state index contributed by atoms with van der Waals surface area (Å²) in [5, 5.41) is 42.5. The lowest BCUT2D eigenvalue weighted by atomic mass is 10.1. The Morgan fingerprint density at radius 2 is 0.878 bits per heavy atom. The highest BCUT2D eigenvalue weighted by atomic mass is 35.5. The highest BCUT2D eigenvalue weighted by Gasteiger charge is 2.32. The van der Waals surface area contributed by atoms with Crippen molar-refractivity contribution in [3.63, 3.8) is 0 Å². The molecule has 0 aromatic carbocycles. The first-order chi connectivity index (χ1) is 22.8. The fraction of sp³-hybridized carbons (Fsp3) is 0.615. The SMILES string of the molecule is CC(=O)N(O)CC[C@@H]1NC(=O)CNC(=O)C(CC(=O)Cl)NC(=O)CNC(=O)[C@H](CCN(O)C(C)=O)NC(=O)[C@H](CCN(O)C(C)=O)NC1=O. The summed E-state index contributed by atoms with van der Waals surface area (Å²) in [7, 11) is 0. The van der Waals surface area contributed by atoms with Crippen molar-refractivity contribution in [3.05, 3.63) is 0 Å². The van der Waals surface area contributed by atoms with E-state index in [-0.39, 0.29) is 15.2 Å². The largest absolute Gasteiger partial charge is 0.345 e. The maximum absolute atomic E-state index is 13.5. The summed E-state index contributed by atoms with van der Waals surface area (Å²) in [6.45, 7) is -0.149. The number of rotatable bonds is 11. The van der Waals surface area contributed by atoms with Crippen molar-refractivity contribution in [3.8, 4) is 0 Å². The Morgan fingerprint density at radius 3 is 1.22 bits per heavy atom. The maximum atomic E-state index is 13.5. The molecule has 23 heteroatoms. The highest BCUT2D eigenvalue weighted by molar-refractivity contribution is 6.63. The third-order valence-corrected chi connectivity index (χ3v) is 6.91. The number of carbonyl (C=O) groups excluding carboxylic acids is 10. The molecule has 1 heterocycles. The van der Waals surface area contributed by atoms with Crippen LogP contribution in [0.25, 0.3) is 0 Å². The first-order valence-corrected chi connectivity index (χ1v) is 15.0. The van der Waals surface area contributed by atoms with Crippen molar-refractivity contribution >= 4 is 70.0 Å². The van der Waals surface area contributed by atoms with Gasteiger partial charge < -0.3 is 31.9 Å². The standard InChI is InChI=1S/C26H40ClN9O13/c1-13(37)34(47)7-4-16-23(43)28-12-22(42)31-19(10-20(27)40)24(44)29-11-21(41)30-17(5-8-35(48)14(2)38)25(45)33-18(26(46)32-16)6-9-36(49)15(3)39/h16-19,47-49H,4-12H2,1-3H3,(H,28,43)(H,29,44)(H,30,41)(H,31,42)(H,32,46)(H,33,45)/t16-,17-,18-,19?/m0/s1. The predicted octanol–water partition coefficient (Wildman–Crippen LogP) is -4.79. The number of amides is 9. The summed E-state index contributed by atoms with van der Waals surface area (Å²) >= 11 is 5.39. The Kier molecular flexibility index (Phi) is 17.6. The van der Waals surface area contributed by atoms with Gasteiger partial charge >= 0.3 is 0 Å². The molecule has 0 spiro atoms. The van der Waals surface area contributed by atoms with E-state index in [2.05, 4.69) is 31.9 Å². The molecule has 49 heavy (non-hydrogen) atoms. The van der Waals surface area contributed by atoms with Gasteiger partial charge in [-0.2, -0.15) is 0 Å². The van der Waals surface area contributed by atoms with Gasteiger partial charge in [-0.1, -0.05) is 0 Å². The molecular formula is C26H40ClN9O13. The molecule has 0 aromatic rings. The van der Waals surface area contributed by atoms with E-state index in [0.717, 1.165) is 20.8 Å². The van der Waals surface area contributed by atoms with E-state index in [0.29, 0.717) is 0 Å². The third kappa shape index (κ3) is 15.7. The highest BCUT2D eigenvalue weighted by Crippen LogP contribution is 2.05. The smallest absolute Gasteiger partial charge is 0.243 e. The minimum Gasteiger partial charge on any atom is -0.345 e. The van der Waals surface area contributed by atoms with E-state index in [1.54, 1.807) is 0 Å². The van der Waals surface area contributed by atoms with Gasteiger partial charge in [-0.05, 0) is 30.9 Å². The summed E-state index contributed by atoms with van der Waals surface area (Å²) in [5.41, 5.74) is 0. The lowest BCUT2D eigenvalue weighted by Gasteiger charge is -2.27. The molecule has 9 amide bonds. The van der Waals surface area contributed by atoms with Crippen LogP contribution in [-0.2, 0) is 47.9 Å². The molecule has 0 bridgehead atoms. The lowest BCUT2D eigenvalue weighted by Crippen LogP contribution is -2.59. The first-order valence-electron chi connectivity index (χ1n) is 14.7. The van der Waals surface area contributed by atoms with Gasteiger partial charge in [-0.3, -0.25) is 63.6 Å². The molecule has 0 saturated carbocycles. The van der Waals surface area contributed by atoms with Crippen molar-refractivity contribution in [2.45, 2.75) is 70.6 Å². The zero-order valence-corrected chi connectivity index (χ0v) is 27.6. The van der Waals surface area contributed by atoms with Crippen LogP contribution in [0, 0.1) is 0 Å². The molecule has 9 N–H and O–H groups in total. The van der Waals surface area contributed by atoms with Crippen molar-refractivity contribution in [2.75, 3.05) is 32.7 Å². The normalized spacial score (nSPS) is 21.3. The Hall–Kier alpha value is -4.93. The number of hydroxylamine groups is 6. The quantitative estimate of drug-likeness (QED) is 0.0550. The molecule has 0 aliphatic carbocycles. The minimum absolute atomic E-state index is 0.230. The molecule has 0 radical (unpaired) electrons. The van der Waals surface area contributed by atoms with Crippen LogP contribution in [0.3, 0.4) is 0 Å². The van der Waals surface area contributed by atoms with E-state index in [1.165, 1.54) is 0 Å². The molecule has 1 aliphatic heterocycles. The van der Waals surface area contributed by atoms with E-state index in [1.807, 2.05) is 0 Å². The van der Waals surface area contributed by atoms with Gasteiger partial charge in [0.25, 0.3) is 0 Å². The van der Waals surface area contributed by atoms with E-state index in [9.17, 15) is 63.6 Å². The van der Waals surface area contributed by atoms with Crippen LogP contribution in [0.1, 0.15) is 46.5 Å². The summed E-state index contributed by atoms with van der Waals surface area (Å²) in [4.78, 5) is 124. The molecule has 274 valence electrons. The lowest BCUT2D eigenvalue weighted by molar-refractivity contribution is -0.164. The molecule has 1 saturated heterocycles. The van der Waals surface area contributed by atoms with Crippen molar-refractivity contribution < 1.29 is 63.6 Å². The average molecular weight is 722 g/mol. The molecular weight excluding hydrogens is 682 g/mol. The monoisotopic (exact) mass is 721 g/mol. The zero-order chi connectivity index (χ0) is 37.4. The predicted molar refractivity (Wildman–Crippen MR) is 161 cm³/mol. The second kappa shape index (κ2) is 20.4. The zero-order valence-electron chi connectivity index (χ0n) is 26.8. The molecule has 1 aliphatic rings. The van der Waals surface area contributed by atoms with Crippen molar-refractivity contribution in [1.29, 1.82) is 0 Å². The summed E-state index contributed by atoms with van der Waals surface area (Å²) < 4.78 is 0. The Morgan fingerprint density at radius 1 is 0.571 bits per heavy atom. The van der Waals surface area contributed by atoms with Crippen LogP contribution >= 0.6 is 11.6 Å². The number of halogens is 1. The van der Waals surface area contributed by atoms with Gasteiger partial charge in [-0.25, -0.2) is 15.2 Å². The molecule has 4 atom stereocenters. The second-order valence-corrected chi connectivity index (χ2v) is 11.1. The molecule has 1 unspecified atom stereocenters. The Labute approximate surface area is 284 Å². The number of carbonyl (C=O) groups is 10. The number of hydrogen-bond donors (Lipinski definition) is 9. The van der Waals surface area contributed by atoms with Crippen LogP contribution in [0.15, 0.2) is 0 Å². The van der Waals surface area contributed by atoms with E-state index in [4.69, 9.17) is 11.6 Å². The van der Waals surface area contributed by atoms with Crippen molar-refractivity contribution in [1.82, 2.24) is 47.1 Å². The summed E-state index contributed by atoms with van der Waals surface area (Å²) in [6.07, 6.45) is -2.10. The van der Waals surface area contributed by atoms with Gasteiger partial charge in [-0.15, -0.1) is 0 Å². The van der Waals surface area contributed by atoms with Crippen LogP contribution < -0.4 is 31.9 Å². The average Bonchev–Trinajstić information content (AvgIpc) is 3.02. The first kappa shape index (κ1) is 42.1. The minimum atomic E-state index is -1.64. The van der Waals surface area contributed by atoms with Crippen LogP contribution in [-0.4, -0.2) is 146 Å². The van der Waals surface area contributed by atoms with E-state index >= 15 is 0 Å². The second-order valence-electron chi connectivity index (χ2n) is 10.6. The molecule has 22 nitrogen and oxygen atoms in total.